The van der Waals surface area contributed by atoms with Crippen molar-refractivity contribution in [1.82, 2.24) is 5.32 Å². The van der Waals surface area contributed by atoms with Crippen LogP contribution >= 0.6 is 11.3 Å². The molecule has 4 heteroatoms. The molecule has 1 aromatic rings. The molecule has 1 saturated heterocycles. The summed E-state index contributed by atoms with van der Waals surface area (Å²) in [4.78, 5) is 0. The van der Waals surface area contributed by atoms with E-state index in [0.29, 0.717) is 0 Å². The number of ether oxygens (including phenoxy) is 2. The molecule has 1 spiro atoms. The van der Waals surface area contributed by atoms with Gasteiger partial charge in [-0.05, 0) is 42.3 Å². The van der Waals surface area contributed by atoms with Crippen LogP contribution in [0.1, 0.15) is 31.2 Å². The van der Waals surface area contributed by atoms with Crippen molar-refractivity contribution in [3.05, 3.63) is 22.4 Å². The fraction of sp³-hybridized carbons (Fsp3) is 0.692. The Morgan fingerprint density at radius 1 is 1.18 bits per heavy atom. The summed E-state index contributed by atoms with van der Waals surface area (Å²) in [7, 11) is 2.06. The van der Waals surface area contributed by atoms with E-state index < -0.39 is 0 Å². The molecule has 3 rings (SSSR count). The first-order valence-corrected chi connectivity index (χ1v) is 7.22. The molecule has 1 saturated carbocycles. The van der Waals surface area contributed by atoms with Crippen LogP contribution < -0.4 is 5.32 Å². The maximum Gasteiger partial charge on any atom is 0.168 e. The summed E-state index contributed by atoms with van der Waals surface area (Å²) >= 11 is 1.77. The molecular weight excluding hydrogens is 234 g/mol. The van der Waals surface area contributed by atoms with E-state index in [2.05, 4.69) is 29.2 Å². The number of hydrogen-bond acceptors (Lipinski definition) is 4. The molecule has 2 fully saturated rings. The van der Waals surface area contributed by atoms with Crippen LogP contribution in [0, 0.1) is 0 Å². The van der Waals surface area contributed by atoms with E-state index >= 15 is 0 Å². The summed E-state index contributed by atoms with van der Waals surface area (Å²) in [6.45, 7) is 1.51. The molecule has 0 radical (unpaired) electrons. The predicted molar refractivity (Wildman–Crippen MR) is 68.2 cm³/mol. The number of hydrogen-bond donors (Lipinski definition) is 1. The molecule has 0 aromatic carbocycles. The lowest BCUT2D eigenvalue weighted by atomic mass is 9.75. The number of nitrogens with one attached hydrogen (secondary N) is 1. The van der Waals surface area contributed by atoms with Crippen molar-refractivity contribution < 1.29 is 9.47 Å². The first kappa shape index (κ1) is 11.7. The highest BCUT2D eigenvalue weighted by Gasteiger charge is 2.46. The zero-order chi connectivity index (χ0) is 11.8. The molecule has 2 heterocycles. The second-order valence-electron chi connectivity index (χ2n) is 4.95. The molecule has 94 valence electrons. The Bertz CT molecular complexity index is 361. The molecular formula is C13H19NO2S. The van der Waals surface area contributed by atoms with Gasteiger partial charge >= 0.3 is 0 Å². The molecule has 1 aromatic heterocycles. The van der Waals surface area contributed by atoms with Gasteiger partial charge in [0, 0.05) is 18.4 Å². The summed E-state index contributed by atoms with van der Waals surface area (Å²) in [6, 6.07) is 2.23. The molecule has 0 unspecified atom stereocenters. The van der Waals surface area contributed by atoms with Gasteiger partial charge in [0.1, 0.15) is 0 Å². The molecule has 0 amide bonds. The summed E-state index contributed by atoms with van der Waals surface area (Å²) in [5.74, 6) is -0.267. The van der Waals surface area contributed by atoms with Gasteiger partial charge in [-0.3, -0.25) is 0 Å². The zero-order valence-corrected chi connectivity index (χ0v) is 11.0. The first-order valence-electron chi connectivity index (χ1n) is 6.28. The van der Waals surface area contributed by atoms with E-state index in [4.69, 9.17) is 9.47 Å². The van der Waals surface area contributed by atoms with Crippen molar-refractivity contribution in [2.75, 3.05) is 20.3 Å². The summed E-state index contributed by atoms with van der Waals surface area (Å²) < 4.78 is 11.6. The van der Waals surface area contributed by atoms with E-state index in [1.807, 2.05) is 0 Å². The second kappa shape index (κ2) is 4.35. The van der Waals surface area contributed by atoms with Gasteiger partial charge in [0.25, 0.3) is 0 Å². The second-order valence-corrected chi connectivity index (χ2v) is 5.73. The van der Waals surface area contributed by atoms with Crippen molar-refractivity contribution in [2.45, 2.75) is 37.0 Å². The lowest BCUT2D eigenvalue weighted by Crippen LogP contribution is -2.48. The van der Waals surface area contributed by atoms with Gasteiger partial charge in [-0.1, -0.05) is 0 Å². The normalized spacial score (nSPS) is 26.4. The van der Waals surface area contributed by atoms with E-state index in [9.17, 15) is 0 Å². The van der Waals surface area contributed by atoms with Crippen LogP contribution in [0.5, 0.6) is 0 Å². The molecule has 1 aliphatic carbocycles. The standard InChI is InChI=1S/C13H19NO2S/c1-14-12(11-2-9-17-10-11)3-5-13(6-4-12)15-7-8-16-13/h2,9-10,14H,3-8H2,1H3. The maximum atomic E-state index is 5.79. The van der Waals surface area contributed by atoms with Gasteiger partial charge < -0.3 is 14.8 Å². The Labute approximate surface area is 106 Å². The van der Waals surface area contributed by atoms with Gasteiger partial charge in [-0.25, -0.2) is 0 Å². The van der Waals surface area contributed by atoms with E-state index in [1.54, 1.807) is 11.3 Å². The molecule has 1 N–H and O–H groups in total. The summed E-state index contributed by atoms with van der Waals surface area (Å²) in [5, 5.41) is 7.93. The monoisotopic (exact) mass is 253 g/mol. The van der Waals surface area contributed by atoms with Crippen LogP contribution in [0.2, 0.25) is 0 Å². The predicted octanol–water partition coefficient (Wildman–Crippen LogP) is 2.48. The van der Waals surface area contributed by atoms with Crippen LogP contribution in [0.25, 0.3) is 0 Å². The maximum absolute atomic E-state index is 5.79. The third-order valence-electron chi connectivity index (χ3n) is 4.23. The van der Waals surface area contributed by atoms with Gasteiger partial charge in [-0.2, -0.15) is 11.3 Å². The molecule has 1 aliphatic heterocycles. The van der Waals surface area contributed by atoms with E-state index in [-0.39, 0.29) is 11.3 Å². The summed E-state index contributed by atoms with van der Waals surface area (Å²) in [6.07, 6.45) is 4.15. The van der Waals surface area contributed by atoms with Crippen LogP contribution in [-0.4, -0.2) is 26.0 Å². The minimum Gasteiger partial charge on any atom is -0.348 e. The highest BCUT2D eigenvalue weighted by molar-refractivity contribution is 7.08. The van der Waals surface area contributed by atoms with Crippen molar-refractivity contribution in [1.29, 1.82) is 0 Å². The third kappa shape index (κ3) is 1.93. The lowest BCUT2D eigenvalue weighted by molar-refractivity contribution is -0.186. The number of thiophene rings is 1. The highest BCUT2D eigenvalue weighted by Crippen LogP contribution is 2.45. The average Bonchev–Trinajstić information content (AvgIpc) is 3.03. The minimum absolute atomic E-state index is 0.126. The first-order chi connectivity index (χ1) is 8.29. The molecule has 3 nitrogen and oxygen atoms in total. The molecule has 0 atom stereocenters. The van der Waals surface area contributed by atoms with E-state index in [0.717, 1.165) is 38.9 Å². The van der Waals surface area contributed by atoms with Crippen LogP contribution in [0.3, 0.4) is 0 Å². The fourth-order valence-corrected chi connectivity index (χ4v) is 3.82. The zero-order valence-electron chi connectivity index (χ0n) is 10.2. The molecule has 2 aliphatic rings. The number of rotatable bonds is 2. The fourth-order valence-electron chi connectivity index (χ4n) is 3.06. The average molecular weight is 253 g/mol. The van der Waals surface area contributed by atoms with Crippen molar-refractivity contribution in [2.24, 2.45) is 0 Å². The summed E-state index contributed by atoms with van der Waals surface area (Å²) in [5.41, 5.74) is 1.54. The van der Waals surface area contributed by atoms with Gasteiger partial charge in [-0.15, -0.1) is 0 Å². The van der Waals surface area contributed by atoms with Crippen molar-refractivity contribution in [3.8, 4) is 0 Å². The smallest absolute Gasteiger partial charge is 0.168 e. The Hall–Kier alpha value is -0.420. The van der Waals surface area contributed by atoms with E-state index in [1.165, 1.54) is 5.56 Å². The van der Waals surface area contributed by atoms with Gasteiger partial charge in [0.05, 0.1) is 13.2 Å². The minimum atomic E-state index is -0.267. The van der Waals surface area contributed by atoms with Crippen LogP contribution in [-0.2, 0) is 15.0 Å². The third-order valence-corrected chi connectivity index (χ3v) is 4.91. The van der Waals surface area contributed by atoms with Crippen LogP contribution in [0.4, 0.5) is 0 Å². The van der Waals surface area contributed by atoms with Crippen LogP contribution in [0.15, 0.2) is 16.8 Å². The lowest BCUT2D eigenvalue weighted by Gasteiger charge is -2.43. The quantitative estimate of drug-likeness (QED) is 0.878. The Balaban J connectivity index is 1.77. The highest BCUT2D eigenvalue weighted by atomic mass is 32.1. The Kier molecular flexibility index (Phi) is 2.99. The topological polar surface area (TPSA) is 30.5 Å². The van der Waals surface area contributed by atoms with Gasteiger partial charge in [0.15, 0.2) is 5.79 Å². The Morgan fingerprint density at radius 2 is 1.88 bits per heavy atom. The van der Waals surface area contributed by atoms with Crippen molar-refractivity contribution in [3.63, 3.8) is 0 Å². The largest absolute Gasteiger partial charge is 0.348 e. The van der Waals surface area contributed by atoms with Crippen molar-refractivity contribution >= 4 is 11.3 Å². The SMILES string of the molecule is CNC1(c2ccsc2)CCC2(CC1)OCCO2. The Morgan fingerprint density at radius 3 is 2.41 bits per heavy atom. The van der Waals surface area contributed by atoms with Gasteiger partial charge in [0.2, 0.25) is 0 Å². The molecule has 0 bridgehead atoms. The molecule has 17 heavy (non-hydrogen) atoms.